The average Bonchev–Trinajstić information content (AvgIpc) is 2.59. The number of benzene rings is 1. The van der Waals surface area contributed by atoms with Crippen LogP contribution in [0.1, 0.15) is 17.9 Å². The van der Waals surface area contributed by atoms with E-state index in [9.17, 15) is 14.7 Å². The van der Waals surface area contributed by atoms with E-state index >= 15 is 0 Å². The number of halogens is 2. The van der Waals surface area contributed by atoms with Gasteiger partial charge in [0.1, 0.15) is 17.5 Å². The van der Waals surface area contributed by atoms with Gasteiger partial charge in [-0.1, -0.05) is 23.2 Å². The standard InChI is InChI=1S/C16H16Cl2N2O4/c1-24-12-3-2-9(17)14(18)13(12)8-4-5-20-11(6-8)15(22)19-10(7-21)16(20)23/h2-3,6,8,10,21H,4-5,7H2,1H3,(H,19,22)/t8-,10-/m1/s1. The molecule has 2 heterocycles. The molecule has 0 unspecified atom stereocenters. The van der Waals surface area contributed by atoms with Crippen molar-refractivity contribution < 1.29 is 19.4 Å². The van der Waals surface area contributed by atoms with Crippen molar-refractivity contribution >= 4 is 35.0 Å². The summed E-state index contributed by atoms with van der Waals surface area (Å²) in [6.07, 6.45) is 2.27. The lowest BCUT2D eigenvalue weighted by Gasteiger charge is -2.38. The summed E-state index contributed by atoms with van der Waals surface area (Å²) >= 11 is 12.5. The van der Waals surface area contributed by atoms with E-state index in [2.05, 4.69) is 5.32 Å². The minimum atomic E-state index is -0.893. The number of hydrogen-bond donors (Lipinski definition) is 2. The van der Waals surface area contributed by atoms with Gasteiger partial charge in [-0.2, -0.15) is 0 Å². The lowest BCUT2D eigenvalue weighted by Crippen LogP contribution is -2.59. The topological polar surface area (TPSA) is 78.9 Å². The molecule has 2 aliphatic rings. The molecular weight excluding hydrogens is 355 g/mol. The van der Waals surface area contributed by atoms with Crippen molar-refractivity contribution in [3.8, 4) is 5.75 Å². The quantitative estimate of drug-likeness (QED) is 0.848. The Morgan fingerprint density at radius 2 is 2.12 bits per heavy atom. The molecule has 1 aromatic rings. The third-order valence-electron chi connectivity index (χ3n) is 4.28. The molecule has 2 atom stereocenters. The Balaban J connectivity index is 2.02. The summed E-state index contributed by atoms with van der Waals surface area (Å²) in [4.78, 5) is 25.9. The molecule has 0 aliphatic carbocycles. The smallest absolute Gasteiger partial charge is 0.268 e. The van der Waals surface area contributed by atoms with Crippen LogP contribution in [0, 0.1) is 0 Å². The second-order valence-electron chi connectivity index (χ2n) is 5.62. The summed E-state index contributed by atoms with van der Waals surface area (Å²) in [5.74, 6) is -0.335. The van der Waals surface area contributed by atoms with E-state index in [1.54, 1.807) is 18.2 Å². The molecule has 128 valence electrons. The lowest BCUT2D eigenvalue weighted by atomic mass is 9.89. The largest absolute Gasteiger partial charge is 0.496 e. The molecule has 0 radical (unpaired) electrons. The third-order valence-corrected chi connectivity index (χ3v) is 5.10. The van der Waals surface area contributed by atoms with Gasteiger partial charge in [0.05, 0.1) is 23.8 Å². The fourth-order valence-electron chi connectivity index (χ4n) is 3.09. The number of amides is 2. The van der Waals surface area contributed by atoms with Crippen molar-refractivity contribution in [2.45, 2.75) is 18.4 Å². The summed E-state index contributed by atoms with van der Waals surface area (Å²) in [5.41, 5.74) is 0.961. The molecular formula is C16H16Cl2N2O4. The zero-order valence-electron chi connectivity index (χ0n) is 12.9. The molecule has 0 aromatic heterocycles. The van der Waals surface area contributed by atoms with E-state index in [0.717, 1.165) is 0 Å². The van der Waals surface area contributed by atoms with E-state index in [0.29, 0.717) is 34.3 Å². The molecule has 24 heavy (non-hydrogen) atoms. The summed E-state index contributed by atoms with van der Waals surface area (Å²) in [7, 11) is 1.54. The van der Waals surface area contributed by atoms with E-state index in [1.165, 1.54) is 12.0 Å². The van der Waals surface area contributed by atoms with E-state index in [1.807, 2.05) is 0 Å². The number of methoxy groups -OCH3 is 1. The number of allylic oxidation sites excluding steroid dienone is 1. The number of nitrogens with zero attached hydrogens (tertiary/aromatic N) is 1. The lowest BCUT2D eigenvalue weighted by molar-refractivity contribution is -0.141. The number of aliphatic hydroxyl groups is 1. The van der Waals surface area contributed by atoms with Crippen molar-refractivity contribution in [3.05, 3.63) is 39.5 Å². The van der Waals surface area contributed by atoms with E-state index < -0.39 is 18.6 Å². The van der Waals surface area contributed by atoms with Crippen LogP contribution < -0.4 is 10.1 Å². The van der Waals surface area contributed by atoms with Crippen molar-refractivity contribution in [2.24, 2.45) is 0 Å². The van der Waals surface area contributed by atoms with Gasteiger partial charge < -0.3 is 20.1 Å². The maximum absolute atomic E-state index is 12.3. The van der Waals surface area contributed by atoms with Gasteiger partial charge >= 0.3 is 0 Å². The first kappa shape index (κ1) is 17.1. The van der Waals surface area contributed by atoms with Crippen molar-refractivity contribution in [1.82, 2.24) is 10.2 Å². The first-order valence-corrected chi connectivity index (χ1v) is 8.20. The summed E-state index contributed by atoms with van der Waals surface area (Å²) in [6, 6.07) is 2.48. The van der Waals surface area contributed by atoms with Gasteiger partial charge in [-0.05, 0) is 24.6 Å². The van der Waals surface area contributed by atoms with Gasteiger partial charge in [0.25, 0.3) is 11.8 Å². The highest BCUT2D eigenvalue weighted by atomic mass is 35.5. The van der Waals surface area contributed by atoms with E-state index in [4.69, 9.17) is 27.9 Å². The number of aliphatic hydroxyl groups excluding tert-OH is 1. The predicted octanol–water partition coefficient (Wildman–Crippen LogP) is 1.69. The Kier molecular flexibility index (Phi) is 4.71. The highest BCUT2D eigenvalue weighted by Gasteiger charge is 2.39. The molecule has 3 rings (SSSR count). The van der Waals surface area contributed by atoms with Crippen LogP contribution in [0.15, 0.2) is 23.9 Å². The Bertz CT molecular complexity index is 735. The molecule has 2 N–H and O–H groups in total. The Morgan fingerprint density at radius 3 is 2.79 bits per heavy atom. The van der Waals surface area contributed by atoms with Crippen LogP contribution in [0.25, 0.3) is 0 Å². The number of carbonyl (C=O) groups is 2. The van der Waals surface area contributed by atoms with Crippen LogP contribution in [-0.4, -0.2) is 48.1 Å². The molecule has 0 saturated carbocycles. The molecule has 0 bridgehead atoms. The minimum absolute atomic E-state index is 0.207. The van der Waals surface area contributed by atoms with Crippen LogP contribution in [0.5, 0.6) is 5.75 Å². The zero-order chi connectivity index (χ0) is 17.4. The second-order valence-corrected chi connectivity index (χ2v) is 6.41. The highest BCUT2D eigenvalue weighted by Crippen LogP contribution is 2.42. The van der Waals surface area contributed by atoms with Crippen molar-refractivity contribution in [1.29, 1.82) is 0 Å². The number of ether oxygens (including phenoxy) is 1. The SMILES string of the molecule is COc1ccc(Cl)c(Cl)c1[C@H]1C=C2C(=O)N[C@H](CO)C(=O)N2CC1. The number of piperazine rings is 1. The minimum Gasteiger partial charge on any atom is -0.496 e. The normalized spacial score (nSPS) is 23.5. The fourth-order valence-corrected chi connectivity index (χ4v) is 3.55. The van der Waals surface area contributed by atoms with Gasteiger partial charge in [-0.3, -0.25) is 9.59 Å². The molecule has 0 spiro atoms. The second kappa shape index (κ2) is 6.63. The maximum Gasteiger partial charge on any atom is 0.268 e. The Morgan fingerprint density at radius 1 is 1.38 bits per heavy atom. The molecule has 1 aromatic carbocycles. The van der Waals surface area contributed by atoms with Crippen LogP contribution in [0.4, 0.5) is 0 Å². The van der Waals surface area contributed by atoms with Crippen molar-refractivity contribution in [3.63, 3.8) is 0 Å². The number of fused-ring (bicyclic) bond motifs is 1. The third kappa shape index (κ3) is 2.75. The molecule has 2 aliphatic heterocycles. The van der Waals surface area contributed by atoms with Gasteiger partial charge in [-0.15, -0.1) is 0 Å². The highest BCUT2D eigenvalue weighted by molar-refractivity contribution is 6.42. The summed E-state index contributed by atoms with van der Waals surface area (Å²) in [5, 5.41) is 12.5. The monoisotopic (exact) mass is 370 g/mol. The fraction of sp³-hybridized carbons (Fsp3) is 0.375. The number of nitrogens with one attached hydrogen (secondary N) is 1. The van der Waals surface area contributed by atoms with Gasteiger partial charge in [-0.25, -0.2) is 0 Å². The Hall–Kier alpha value is -1.76. The number of hydrogen-bond acceptors (Lipinski definition) is 4. The molecule has 1 fully saturated rings. The van der Waals surface area contributed by atoms with Crippen LogP contribution >= 0.6 is 23.2 Å². The van der Waals surface area contributed by atoms with Gasteiger partial charge in [0.15, 0.2) is 0 Å². The molecule has 1 saturated heterocycles. The van der Waals surface area contributed by atoms with Gasteiger partial charge in [0, 0.05) is 18.0 Å². The average molecular weight is 371 g/mol. The maximum atomic E-state index is 12.3. The first-order chi connectivity index (χ1) is 11.5. The number of rotatable bonds is 3. The first-order valence-electron chi connectivity index (χ1n) is 7.44. The molecule has 6 nitrogen and oxygen atoms in total. The van der Waals surface area contributed by atoms with Crippen LogP contribution in [-0.2, 0) is 9.59 Å². The number of carbonyl (C=O) groups excluding carboxylic acids is 2. The van der Waals surface area contributed by atoms with Gasteiger partial charge in [0.2, 0.25) is 0 Å². The predicted molar refractivity (Wildman–Crippen MR) is 89.2 cm³/mol. The molecule has 8 heteroatoms. The summed E-state index contributed by atoms with van der Waals surface area (Å²) < 4.78 is 5.37. The summed E-state index contributed by atoms with van der Waals surface area (Å²) in [6.45, 7) is -0.0724. The van der Waals surface area contributed by atoms with Crippen LogP contribution in [0.2, 0.25) is 10.0 Å². The van der Waals surface area contributed by atoms with E-state index in [-0.39, 0.29) is 17.5 Å². The Labute approximate surface area is 149 Å². The molecule has 2 amide bonds. The van der Waals surface area contributed by atoms with Crippen LogP contribution in [0.3, 0.4) is 0 Å². The zero-order valence-corrected chi connectivity index (χ0v) is 14.4. The van der Waals surface area contributed by atoms with Crippen molar-refractivity contribution in [2.75, 3.05) is 20.3 Å².